The first-order chi connectivity index (χ1) is 9.20. The van der Waals surface area contributed by atoms with Gasteiger partial charge in [-0.2, -0.15) is 0 Å². The van der Waals surface area contributed by atoms with Crippen molar-refractivity contribution in [2.24, 2.45) is 0 Å². The third kappa shape index (κ3) is 1.80. The molecule has 0 aliphatic rings. The summed E-state index contributed by atoms with van der Waals surface area (Å²) in [6.45, 7) is 0. The van der Waals surface area contributed by atoms with Gasteiger partial charge in [0.2, 0.25) is 0 Å². The van der Waals surface area contributed by atoms with Gasteiger partial charge >= 0.3 is 0 Å². The fraction of sp³-hybridized carbons (Fsp3) is 0.0625. The summed E-state index contributed by atoms with van der Waals surface area (Å²) in [6.07, 6.45) is 0. The van der Waals surface area contributed by atoms with Gasteiger partial charge < -0.3 is 5.32 Å². The van der Waals surface area contributed by atoms with Crippen LogP contribution in [-0.2, 0) is 5.11 Å². The van der Waals surface area contributed by atoms with E-state index in [2.05, 4.69) is 5.32 Å². The van der Waals surface area contributed by atoms with Crippen LogP contribution in [0.2, 0.25) is 0 Å². The lowest BCUT2D eigenvalue weighted by Crippen LogP contribution is -2.17. The molecule has 3 aromatic carbocycles. The molecule has 1 radical (unpaired) electrons. The second-order valence-corrected chi connectivity index (χ2v) is 4.44. The van der Waals surface area contributed by atoms with Crippen LogP contribution >= 0.6 is 0 Å². The summed E-state index contributed by atoms with van der Waals surface area (Å²) < 4.78 is 0. The van der Waals surface area contributed by atoms with Gasteiger partial charge in [0.15, 0.2) is 5.75 Å². The van der Waals surface area contributed by atoms with E-state index in [1.807, 2.05) is 36.4 Å². The molecule has 93 valence electrons. The average molecular weight is 250 g/mol. The molecule has 0 aliphatic carbocycles. The van der Waals surface area contributed by atoms with E-state index in [1.165, 1.54) is 6.07 Å². The third-order valence-corrected chi connectivity index (χ3v) is 3.31. The molecule has 0 saturated carbocycles. The fourth-order valence-electron chi connectivity index (χ4n) is 2.36. The second-order valence-electron chi connectivity index (χ2n) is 4.44. The van der Waals surface area contributed by atoms with Crippen LogP contribution in [0.1, 0.15) is 10.4 Å². The normalized spacial score (nSPS) is 10.8. The van der Waals surface area contributed by atoms with E-state index >= 15 is 0 Å². The fourth-order valence-corrected chi connectivity index (χ4v) is 2.36. The number of benzene rings is 3. The van der Waals surface area contributed by atoms with Crippen LogP contribution < -0.4 is 5.32 Å². The maximum Gasteiger partial charge on any atom is 0.251 e. The Morgan fingerprint density at radius 3 is 2.53 bits per heavy atom. The van der Waals surface area contributed by atoms with Crippen molar-refractivity contribution in [3.8, 4) is 5.75 Å². The molecule has 0 aromatic heterocycles. The number of amides is 1. The van der Waals surface area contributed by atoms with Crippen LogP contribution in [0, 0.1) is 0 Å². The van der Waals surface area contributed by atoms with Crippen molar-refractivity contribution >= 4 is 27.5 Å². The molecule has 0 heterocycles. The maximum atomic E-state index is 12.1. The standard InChI is InChI=1S/C16H12NO2/c1-17-16(19)11-8-14-12-5-3-2-4-10(12)6-7-13(14)15(18)9-11/h2-9H,1H3,(H,17,19). The molecular weight excluding hydrogens is 238 g/mol. The Bertz CT molecular complexity index is 793. The minimum atomic E-state index is -0.244. The number of hydrogen-bond donors (Lipinski definition) is 1. The van der Waals surface area contributed by atoms with E-state index in [1.54, 1.807) is 13.1 Å². The Kier molecular flexibility index (Phi) is 2.60. The highest BCUT2D eigenvalue weighted by atomic mass is 16.3. The van der Waals surface area contributed by atoms with Gasteiger partial charge in [-0.25, -0.2) is 0 Å². The van der Waals surface area contributed by atoms with Crippen LogP contribution in [0.25, 0.3) is 21.5 Å². The number of nitrogens with one attached hydrogen (secondary N) is 1. The van der Waals surface area contributed by atoms with Crippen LogP contribution in [0.3, 0.4) is 0 Å². The van der Waals surface area contributed by atoms with Gasteiger partial charge in [0.1, 0.15) is 0 Å². The van der Waals surface area contributed by atoms with Gasteiger partial charge in [-0.1, -0.05) is 30.3 Å². The van der Waals surface area contributed by atoms with E-state index in [9.17, 15) is 9.90 Å². The van der Waals surface area contributed by atoms with Crippen molar-refractivity contribution in [2.75, 3.05) is 7.05 Å². The molecule has 3 rings (SSSR count). The van der Waals surface area contributed by atoms with E-state index in [-0.39, 0.29) is 11.7 Å². The molecule has 0 aliphatic heterocycles. The van der Waals surface area contributed by atoms with Crippen LogP contribution in [0.15, 0.2) is 48.5 Å². The SMILES string of the molecule is CNC(=O)c1cc([O])c2ccc3ccccc3c2c1. The number of hydrogen-bond acceptors (Lipinski definition) is 1. The minimum Gasteiger partial charge on any atom is -0.355 e. The van der Waals surface area contributed by atoms with Gasteiger partial charge in [-0.05, 0) is 34.4 Å². The molecule has 0 fully saturated rings. The van der Waals surface area contributed by atoms with Gasteiger partial charge in [-0.3, -0.25) is 9.90 Å². The third-order valence-electron chi connectivity index (χ3n) is 3.31. The summed E-state index contributed by atoms with van der Waals surface area (Å²) in [6, 6.07) is 14.7. The van der Waals surface area contributed by atoms with Crippen LogP contribution in [-0.4, -0.2) is 13.0 Å². The van der Waals surface area contributed by atoms with Crippen LogP contribution in [0.4, 0.5) is 0 Å². The molecule has 19 heavy (non-hydrogen) atoms. The summed E-state index contributed by atoms with van der Waals surface area (Å²) >= 11 is 0. The average Bonchev–Trinajstić information content (AvgIpc) is 2.46. The molecule has 3 heteroatoms. The summed E-state index contributed by atoms with van der Waals surface area (Å²) in [7, 11) is 1.56. The maximum absolute atomic E-state index is 12.1. The Balaban J connectivity index is 2.43. The largest absolute Gasteiger partial charge is 0.355 e. The molecular formula is C16H12NO2. The van der Waals surface area contributed by atoms with Crippen molar-refractivity contribution in [3.63, 3.8) is 0 Å². The zero-order valence-corrected chi connectivity index (χ0v) is 10.4. The lowest BCUT2D eigenvalue weighted by Gasteiger charge is -2.07. The second kappa shape index (κ2) is 4.28. The first-order valence-electron chi connectivity index (χ1n) is 6.05. The zero-order valence-electron chi connectivity index (χ0n) is 10.4. The van der Waals surface area contributed by atoms with Crippen LogP contribution in [0.5, 0.6) is 5.75 Å². The zero-order chi connectivity index (χ0) is 13.4. The number of fused-ring (bicyclic) bond motifs is 3. The van der Waals surface area contributed by atoms with E-state index < -0.39 is 0 Å². The van der Waals surface area contributed by atoms with Crippen molar-refractivity contribution < 1.29 is 9.90 Å². The number of carbonyl (C=O) groups excluding carboxylic acids is 1. The van der Waals surface area contributed by atoms with E-state index in [4.69, 9.17) is 0 Å². The van der Waals surface area contributed by atoms with Gasteiger partial charge in [0.25, 0.3) is 5.91 Å². The summed E-state index contributed by atoms with van der Waals surface area (Å²) in [5.74, 6) is -0.367. The highest BCUT2D eigenvalue weighted by molar-refractivity contribution is 6.12. The van der Waals surface area contributed by atoms with Gasteiger partial charge in [0, 0.05) is 18.0 Å². The summed E-state index contributed by atoms with van der Waals surface area (Å²) in [5.41, 5.74) is 0.399. The van der Waals surface area contributed by atoms with Gasteiger partial charge in [-0.15, -0.1) is 0 Å². The molecule has 3 nitrogen and oxygen atoms in total. The van der Waals surface area contributed by atoms with E-state index in [0.29, 0.717) is 10.9 Å². The Morgan fingerprint density at radius 2 is 1.74 bits per heavy atom. The predicted molar refractivity (Wildman–Crippen MR) is 75.0 cm³/mol. The summed E-state index contributed by atoms with van der Waals surface area (Å²) in [5, 5.41) is 18.1. The molecule has 0 saturated heterocycles. The Morgan fingerprint density at radius 1 is 0.947 bits per heavy atom. The quantitative estimate of drug-likeness (QED) is 0.660. The monoisotopic (exact) mass is 250 g/mol. The Hall–Kier alpha value is -2.55. The lowest BCUT2D eigenvalue weighted by molar-refractivity contribution is 0.0962. The predicted octanol–water partition coefficient (Wildman–Crippen LogP) is 3.50. The van der Waals surface area contributed by atoms with Crippen molar-refractivity contribution in [3.05, 3.63) is 54.1 Å². The lowest BCUT2D eigenvalue weighted by atomic mass is 9.99. The van der Waals surface area contributed by atoms with Crippen molar-refractivity contribution in [1.82, 2.24) is 5.32 Å². The number of carbonyl (C=O) groups is 1. The highest BCUT2D eigenvalue weighted by Crippen LogP contribution is 2.32. The first-order valence-corrected chi connectivity index (χ1v) is 6.05. The molecule has 0 bridgehead atoms. The molecule has 3 aromatic rings. The molecule has 0 spiro atoms. The molecule has 0 unspecified atom stereocenters. The summed E-state index contributed by atoms with van der Waals surface area (Å²) in [4.78, 5) is 11.7. The molecule has 0 atom stereocenters. The smallest absolute Gasteiger partial charge is 0.251 e. The number of rotatable bonds is 1. The van der Waals surface area contributed by atoms with E-state index in [0.717, 1.165) is 16.2 Å². The van der Waals surface area contributed by atoms with Crippen molar-refractivity contribution in [1.29, 1.82) is 0 Å². The first kappa shape index (κ1) is 11.5. The van der Waals surface area contributed by atoms with Crippen molar-refractivity contribution in [2.45, 2.75) is 0 Å². The topological polar surface area (TPSA) is 49.0 Å². The Labute approximate surface area is 110 Å². The highest BCUT2D eigenvalue weighted by Gasteiger charge is 2.11. The van der Waals surface area contributed by atoms with Gasteiger partial charge in [0.05, 0.1) is 0 Å². The molecule has 1 amide bonds. The molecule has 1 N–H and O–H groups in total. The minimum absolute atomic E-state index is 0.123.